The number of nitrogens with one attached hydrogen (secondary N) is 2. The van der Waals surface area contributed by atoms with Crippen molar-refractivity contribution in [2.45, 2.75) is 6.92 Å². The molecule has 0 amide bonds. The Labute approximate surface area is 210 Å². The van der Waals surface area contributed by atoms with Crippen LogP contribution >= 0.6 is 23.2 Å². The minimum absolute atomic E-state index is 0.277. The smallest absolute Gasteiger partial charge is 0.261 e. The average molecular weight is 506 g/mol. The van der Waals surface area contributed by atoms with Gasteiger partial charge in [0.1, 0.15) is 5.82 Å². The predicted octanol–water partition coefficient (Wildman–Crippen LogP) is 5.59. The van der Waals surface area contributed by atoms with Crippen molar-refractivity contribution >= 4 is 79.8 Å². The van der Waals surface area contributed by atoms with Gasteiger partial charge in [0.15, 0.2) is 0 Å². The molecule has 2 aromatic heterocycles. The number of anilines is 4. The fourth-order valence-electron chi connectivity index (χ4n) is 4.06. The monoisotopic (exact) mass is 505 g/mol. The molecule has 0 aliphatic rings. The topological polar surface area (TPSA) is 128 Å². The quantitative estimate of drug-likeness (QED) is 0.236. The van der Waals surface area contributed by atoms with Crippen molar-refractivity contribution in [3.05, 3.63) is 80.3 Å². The second-order valence-electron chi connectivity index (χ2n) is 8.22. The molecule has 6 N–H and O–H groups in total. The molecule has 0 saturated heterocycles. The predicted molar refractivity (Wildman–Crippen MR) is 145 cm³/mol. The van der Waals surface area contributed by atoms with Crippen LogP contribution in [0.3, 0.4) is 0 Å². The summed E-state index contributed by atoms with van der Waals surface area (Å²) in [6.45, 7) is 1.86. The van der Waals surface area contributed by atoms with Gasteiger partial charge in [-0.2, -0.15) is 0 Å². The van der Waals surface area contributed by atoms with Gasteiger partial charge in [-0.3, -0.25) is 4.79 Å². The second kappa shape index (κ2) is 8.65. The van der Waals surface area contributed by atoms with Crippen molar-refractivity contribution < 1.29 is 0 Å². The van der Waals surface area contributed by atoms with E-state index in [1.54, 1.807) is 47.0 Å². The van der Waals surface area contributed by atoms with E-state index in [-0.39, 0.29) is 5.56 Å². The van der Waals surface area contributed by atoms with Crippen molar-refractivity contribution in [3.63, 3.8) is 0 Å². The largest absolute Gasteiger partial charge is 0.399 e. The minimum Gasteiger partial charge on any atom is -0.399 e. The molecular formula is C25H21Cl2N7O. The van der Waals surface area contributed by atoms with Gasteiger partial charge < -0.3 is 26.3 Å². The SMILES string of the molecule is C/C(=C\c1cc(N)cc(N)c1)c1nc2ccc3nc(Nc4c(Cl)cccc4Cl)n(C)c3c2c(=O)[nH]1. The maximum Gasteiger partial charge on any atom is 0.261 e. The standard InChI is InChI=1S/C25H21Cl2N7O/c1-12(8-13-9-14(28)11-15(29)10-13)23-30-18-6-7-19-22(20(18)24(35)33-23)34(2)25(31-19)32-21-16(26)4-3-5-17(21)27/h3-11H,28-29H2,1-2H3,(H,31,32)(H,30,33,35)/b12-8+. The molecule has 0 aliphatic heterocycles. The number of hydrogen-bond acceptors (Lipinski definition) is 6. The van der Waals surface area contributed by atoms with E-state index >= 15 is 0 Å². The van der Waals surface area contributed by atoms with E-state index in [9.17, 15) is 4.79 Å². The molecule has 0 bridgehead atoms. The second-order valence-corrected chi connectivity index (χ2v) is 9.03. The van der Waals surface area contributed by atoms with Gasteiger partial charge in [-0.15, -0.1) is 0 Å². The molecule has 0 radical (unpaired) electrons. The number of nitrogens with zero attached hydrogens (tertiary/aromatic N) is 3. The van der Waals surface area contributed by atoms with Crippen LogP contribution in [0.4, 0.5) is 23.0 Å². The number of rotatable bonds is 4. The molecular weight excluding hydrogens is 485 g/mol. The van der Waals surface area contributed by atoms with E-state index in [0.29, 0.717) is 60.8 Å². The molecule has 0 fully saturated rings. The van der Waals surface area contributed by atoms with Crippen LogP contribution in [0.1, 0.15) is 18.3 Å². The summed E-state index contributed by atoms with van der Waals surface area (Å²) in [6, 6.07) is 14.1. The number of nitrogen functional groups attached to an aromatic ring is 2. The molecule has 0 atom stereocenters. The molecule has 10 heteroatoms. The first-order valence-electron chi connectivity index (χ1n) is 10.7. The van der Waals surface area contributed by atoms with Crippen LogP contribution in [-0.4, -0.2) is 19.5 Å². The molecule has 3 aromatic carbocycles. The lowest BCUT2D eigenvalue weighted by Gasteiger charge is -2.10. The highest BCUT2D eigenvalue weighted by atomic mass is 35.5. The van der Waals surface area contributed by atoms with Crippen LogP contribution in [-0.2, 0) is 7.05 Å². The van der Waals surface area contributed by atoms with Crippen LogP contribution in [0.25, 0.3) is 33.6 Å². The lowest BCUT2D eigenvalue weighted by atomic mass is 10.1. The van der Waals surface area contributed by atoms with Gasteiger partial charge in [0.2, 0.25) is 5.95 Å². The van der Waals surface area contributed by atoms with Crippen LogP contribution in [0, 0.1) is 0 Å². The number of halogens is 2. The maximum absolute atomic E-state index is 13.2. The number of allylic oxidation sites excluding steroid dienone is 1. The number of hydrogen-bond donors (Lipinski definition) is 4. The summed E-state index contributed by atoms with van der Waals surface area (Å²) in [5.41, 5.74) is 16.6. The van der Waals surface area contributed by atoms with Crippen LogP contribution < -0.4 is 22.3 Å². The number of aromatic amines is 1. The fourth-order valence-corrected chi connectivity index (χ4v) is 4.55. The van der Waals surface area contributed by atoms with Gasteiger partial charge in [-0.1, -0.05) is 29.3 Å². The highest BCUT2D eigenvalue weighted by Gasteiger charge is 2.17. The fraction of sp³-hybridized carbons (Fsp3) is 0.0800. The van der Waals surface area contributed by atoms with Gasteiger partial charge in [0, 0.05) is 18.4 Å². The normalized spacial score (nSPS) is 11.9. The summed E-state index contributed by atoms with van der Waals surface area (Å²) in [7, 11) is 1.81. The van der Waals surface area contributed by atoms with Crippen LogP contribution in [0.2, 0.25) is 10.0 Å². The summed E-state index contributed by atoms with van der Waals surface area (Å²) in [5.74, 6) is 0.938. The Hall–Kier alpha value is -4.01. The van der Waals surface area contributed by atoms with E-state index in [4.69, 9.17) is 39.7 Å². The lowest BCUT2D eigenvalue weighted by Crippen LogP contribution is -2.12. The Kier molecular flexibility index (Phi) is 5.62. The number of imidazole rings is 1. The first-order valence-corrected chi connectivity index (χ1v) is 11.4. The number of aryl methyl sites for hydroxylation is 1. The number of nitrogens with two attached hydrogens (primary N) is 2. The van der Waals surface area contributed by atoms with Crippen molar-refractivity contribution in [1.29, 1.82) is 0 Å². The van der Waals surface area contributed by atoms with Gasteiger partial charge >= 0.3 is 0 Å². The first kappa shape index (κ1) is 22.8. The van der Waals surface area contributed by atoms with E-state index < -0.39 is 0 Å². The molecule has 2 heterocycles. The highest BCUT2D eigenvalue weighted by molar-refractivity contribution is 6.39. The lowest BCUT2D eigenvalue weighted by molar-refractivity contribution is 0.960. The molecule has 0 saturated carbocycles. The van der Waals surface area contributed by atoms with Gasteiger partial charge in [0.25, 0.3) is 5.56 Å². The number of H-pyrrole nitrogens is 1. The Balaban J connectivity index is 1.61. The Bertz CT molecular complexity index is 1680. The van der Waals surface area contributed by atoms with E-state index in [2.05, 4.69) is 15.3 Å². The van der Waals surface area contributed by atoms with E-state index in [0.717, 1.165) is 11.1 Å². The Morgan fingerprint density at radius 3 is 2.37 bits per heavy atom. The van der Waals surface area contributed by atoms with Gasteiger partial charge in [-0.25, -0.2) is 9.97 Å². The van der Waals surface area contributed by atoms with Crippen molar-refractivity contribution in [1.82, 2.24) is 19.5 Å². The molecule has 5 rings (SSSR count). The number of benzene rings is 3. The minimum atomic E-state index is -0.277. The third kappa shape index (κ3) is 4.18. The van der Waals surface area contributed by atoms with Crippen molar-refractivity contribution in [2.24, 2.45) is 7.05 Å². The van der Waals surface area contributed by atoms with Crippen LogP contribution in [0.15, 0.2) is 53.3 Å². The average Bonchev–Trinajstić information content (AvgIpc) is 3.10. The zero-order valence-electron chi connectivity index (χ0n) is 18.9. The summed E-state index contributed by atoms with van der Waals surface area (Å²) < 4.78 is 1.78. The Morgan fingerprint density at radius 1 is 1.03 bits per heavy atom. The molecule has 5 aromatic rings. The summed E-state index contributed by atoms with van der Waals surface area (Å²) >= 11 is 12.6. The van der Waals surface area contributed by atoms with Crippen molar-refractivity contribution in [2.75, 3.05) is 16.8 Å². The third-order valence-electron chi connectivity index (χ3n) is 5.66. The highest BCUT2D eigenvalue weighted by Crippen LogP contribution is 2.34. The molecule has 8 nitrogen and oxygen atoms in total. The summed E-state index contributed by atoms with van der Waals surface area (Å²) in [5, 5.41) is 4.53. The molecule has 176 valence electrons. The zero-order valence-corrected chi connectivity index (χ0v) is 20.4. The molecule has 0 aliphatic carbocycles. The number of fused-ring (bicyclic) bond motifs is 3. The van der Waals surface area contributed by atoms with E-state index in [1.165, 1.54) is 0 Å². The molecule has 35 heavy (non-hydrogen) atoms. The van der Waals surface area contributed by atoms with Crippen LogP contribution in [0.5, 0.6) is 0 Å². The van der Waals surface area contributed by atoms with E-state index in [1.807, 2.05) is 26.1 Å². The summed E-state index contributed by atoms with van der Waals surface area (Å²) in [6.07, 6.45) is 1.87. The van der Waals surface area contributed by atoms with Gasteiger partial charge in [-0.05, 0) is 66.6 Å². The number of aromatic nitrogens is 4. The Morgan fingerprint density at radius 2 is 1.69 bits per heavy atom. The van der Waals surface area contributed by atoms with Gasteiger partial charge in [0.05, 0.1) is 37.7 Å². The third-order valence-corrected chi connectivity index (χ3v) is 6.29. The molecule has 0 spiro atoms. The molecule has 0 unspecified atom stereocenters. The van der Waals surface area contributed by atoms with Crippen molar-refractivity contribution in [3.8, 4) is 0 Å². The summed E-state index contributed by atoms with van der Waals surface area (Å²) in [4.78, 5) is 25.5. The zero-order chi connectivity index (χ0) is 24.9. The maximum atomic E-state index is 13.2. The number of para-hydroxylation sites is 1. The first-order chi connectivity index (χ1) is 16.7.